The summed E-state index contributed by atoms with van der Waals surface area (Å²) in [5.41, 5.74) is 0.944. The molecule has 0 saturated heterocycles. The summed E-state index contributed by atoms with van der Waals surface area (Å²) in [6.45, 7) is 3.31. The molecule has 0 spiro atoms. The molecule has 0 aliphatic carbocycles. The van der Waals surface area contributed by atoms with Gasteiger partial charge in [0.15, 0.2) is 0 Å². The van der Waals surface area contributed by atoms with Crippen molar-refractivity contribution < 1.29 is 9.13 Å². The molecule has 2 aromatic rings. The van der Waals surface area contributed by atoms with Gasteiger partial charge in [0.05, 0.1) is 0 Å². The molecule has 100 valence electrons. The van der Waals surface area contributed by atoms with Crippen LogP contribution in [0.3, 0.4) is 0 Å². The van der Waals surface area contributed by atoms with E-state index in [0.29, 0.717) is 13.2 Å². The van der Waals surface area contributed by atoms with Crippen LogP contribution in [0.1, 0.15) is 18.5 Å². The van der Waals surface area contributed by atoms with E-state index in [1.54, 1.807) is 12.1 Å². The summed E-state index contributed by atoms with van der Waals surface area (Å²) in [6.07, 6.45) is 0. The Morgan fingerprint density at radius 1 is 1.11 bits per heavy atom. The van der Waals surface area contributed by atoms with E-state index in [9.17, 15) is 4.39 Å². The normalized spacial score (nSPS) is 12.1. The molecule has 0 aromatic heterocycles. The first kappa shape index (κ1) is 13.6. The van der Waals surface area contributed by atoms with Crippen LogP contribution in [0.25, 0.3) is 0 Å². The number of nitrogens with one attached hydrogen (secondary N) is 1. The molecule has 0 fully saturated rings. The van der Waals surface area contributed by atoms with Crippen molar-refractivity contribution in [3.63, 3.8) is 0 Å². The van der Waals surface area contributed by atoms with Crippen LogP contribution in [0.5, 0.6) is 5.75 Å². The summed E-state index contributed by atoms with van der Waals surface area (Å²) < 4.78 is 18.7. The minimum absolute atomic E-state index is 0.107. The van der Waals surface area contributed by atoms with Crippen molar-refractivity contribution in [3.8, 4) is 5.75 Å². The minimum Gasteiger partial charge on any atom is -0.492 e. The maximum Gasteiger partial charge on any atom is 0.123 e. The van der Waals surface area contributed by atoms with E-state index in [1.165, 1.54) is 6.07 Å². The van der Waals surface area contributed by atoms with Gasteiger partial charge in [-0.05, 0) is 36.8 Å². The monoisotopic (exact) mass is 259 g/mol. The smallest absolute Gasteiger partial charge is 0.123 e. The third-order valence-corrected chi connectivity index (χ3v) is 2.91. The summed E-state index contributed by atoms with van der Waals surface area (Å²) in [5.74, 6) is 0.661. The molecule has 0 heterocycles. The van der Waals surface area contributed by atoms with Crippen molar-refractivity contribution in [1.29, 1.82) is 0 Å². The van der Waals surface area contributed by atoms with Crippen LogP contribution in [0.2, 0.25) is 0 Å². The van der Waals surface area contributed by atoms with Crippen molar-refractivity contribution in [3.05, 3.63) is 66.0 Å². The Labute approximate surface area is 113 Å². The zero-order valence-electron chi connectivity index (χ0n) is 11.0. The zero-order chi connectivity index (χ0) is 13.5. The maximum atomic E-state index is 13.1. The number of benzene rings is 2. The topological polar surface area (TPSA) is 21.3 Å². The summed E-state index contributed by atoms with van der Waals surface area (Å²) >= 11 is 0. The van der Waals surface area contributed by atoms with Crippen LogP contribution >= 0.6 is 0 Å². The fourth-order valence-corrected chi connectivity index (χ4v) is 1.85. The Balaban J connectivity index is 1.74. The molecule has 1 N–H and O–H groups in total. The number of ether oxygens (including phenoxy) is 1. The Morgan fingerprint density at radius 2 is 1.89 bits per heavy atom. The molecule has 19 heavy (non-hydrogen) atoms. The second-order valence-corrected chi connectivity index (χ2v) is 4.39. The summed E-state index contributed by atoms with van der Waals surface area (Å²) in [7, 11) is 0. The molecule has 0 bridgehead atoms. The van der Waals surface area contributed by atoms with Gasteiger partial charge in [-0.1, -0.05) is 30.3 Å². The van der Waals surface area contributed by atoms with E-state index in [1.807, 2.05) is 43.3 Å². The lowest BCUT2D eigenvalue weighted by Gasteiger charge is -2.14. The van der Waals surface area contributed by atoms with Crippen molar-refractivity contribution >= 4 is 0 Å². The van der Waals surface area contributed by atoms with E-state index in [4.69, 9.17) is 4.74 Å². The first-order valence-corrected chi connectivity index (χ1v) is 6.42. The molecule has 0 aliphatic rings. The lowest BCUT2D eigenvalue weighted by molar-refractivity contribution is 0.307. The number of hydrogen-bond acceptors (Lipinski definition) is 2. The molecule has 1 unspecified atom stereocenters. The third kappa shape index (κ3) is 4.38. The average molecular weight is 259 g/mol. The quantitative estimate of drug-likeness (QED) is 0.801. The van der Waals surface area contributed by atoms with Gasteiger partial charge >= 0.3 is 0 Å². The van der Waals surface area contributed by atoms with Crippen LogP contribution in [0.4, 0.5) is 4.39 Å². The number of para-hydroxylation sites is 1. The van der Waals surface area contributed by atoms with Gasteiger partial charge in [-0.25, -0.2) is 4.39 Å². The van der Waals surface area contributed by atoms with Crippen molar-refractivity contribution in [1.82, 2.24) is 5.32 Å². The predicted octanol–water partition coefficient (Wildman–Crippen LogP) is 3.56. The molecule has 0 saturated carbocycles. The first-order valence-electron chi connectivity index (χ1n) is 6.42. The van der Waals surface area contributed by atoms with Crippen LogP contribution in [0.15, 0.2) is 54.6 Å². The number of hydrogen-bond donors (Lipinski definition) is 1. The highest BCUT2D eigenvalue weighted by molar-refractivity contribution is 5.21. The molecule has 0 aliphatic heterocycles. The molecule has 0 radical (unpaired) electrons. The highest BCUT2D eigenvalue weighted by Gasteiger charge is 2.05. The molecule has 2 nitrogen and oxygen atoms in total. The average Bonchev–Trinajstić information content (AvgIpc) is 2.44. The van der Waals surface area contributed by atoms with E-state index in [-0.39, 0.29) is 11.9 Å². The van der Waals surface area contributed by atoms with Crippen molar-refractivity contribution in [2.75, 3.05) is 13.2 Å². The van der Waals surface area contributed by atoms with Gasteiger partial charge in [-0.3, -0.25) is 0 Å². The SMILES string of the molecule is CC(NCCOc1ccccc1)c1cccc(F)c1. The largest absolute Gasteiger partial charge is 0.492 e. The second kappa shape index (κ2) is 6.90. The molecular formula is C16H18FNO. The van der Waals surface area contributed by atoms with Gasteiger partial charge in [0, 0.05) is 12.6 Å². The third-order valence-electron chi connectivity index (χ3n) is 2.91. The van der Waals surface area contributed by atoms with Crippen molar-refractivity contribution in [2.24, 2.45) is 0 Å². The maximum absolute atomic E-state index is 13.1. The van der Waals surface area contributed by atoms with Gasteiger partial charge in [0.2, 0.25) is 0 Å². The second-order valence-electron chi connectivity index (χ2n) is 4.39. The van der Waals surface area contributed by atoms with Crippen LogP contribution in [0, 0.1) is 5.82 Å². The molecule has 2 rings (SSSR count). The van der Waals surface area contributed by atoms with Gasteiger partial charge in [0.25, 0.3) is 0 Å². The highest BCUT2D eigenvalue weighted by Crippen LogP contribution is 2.13. The molecular weight excluding hydrogens is 241 g/mol. The predicted molar refractivity (Wildman–Crippen MR) is 74.8 cm³/mol. The zero-order valence-corrected chi connectivity index (χ0v) is 11.0. The van der Waals surface area contributed by atoms with Crippen LogP contribution < -0.4 is 10.1 Å². The highest BCUT2D eigenvalue weighted by atomic mass is 19.1. The fourth-order valence-electron chi connectivity index (χ4n) is 1.85. The van der Waals surface area contributed by atoms with Gasteiger partial charge in [-0.2, -0.15) is 0 Å². The Morgan fingerprint density at radius 3 is 2.63 bits per heavy atom. The lowest BCUT2D eigenvalue weighted by Crippen LogP contribution is -2.24. The molecule has 2 aromatic carbocycles. The fraction of sp³-hybridized carbons (Fsp3) is 0.250. The Bertz CT molecular complexity index is 501. The number of rotatable bonds is 6. The number of halogens is 1. The molecule has 3 heteroatoms. The van der Waals surface area contributed by atoms with Crippen molar-refractivity contribution in [2.45, 2.75) is 13.0 Å². The molecule has 1 atom stereocenters. The lowest BCUT2D eigenvalue weighted by atomic mass is 10.1. The first-order chi connectivity index (χ1) is 9.25. The van der Waals surface area contributed by atoms with E-state index >= 15 is 0 Å². The Kier molecular flexibility index (Phi) is 4.93. The Hall–Kier alpha value is -1.87. The van der Waals surface area contributed by atoms with Crippen LogP contribution in [-0.4, -0.2) is 13.2 Å². The van der Waals surface area contributed by atoms with Gasteiger partial charge in [0.1, 0.15) is 18.2 Å². The summed E-state index contributed by atoms with van der Waals surface area (Å²) in [6, 6.07) is 16.4. The summed E-state index contributed by atoms with van der Waals surface area (Å²) in [4.78, 5) is 0. The standard InChI is InChI=1S/C16H18FNO/c1-13(14-6-5-7-15(17)12-14)18-10-11-19-16-8-3-2-4-9-16/h2-9,12-13,18H,10-11H2,1H3. The van der Waals surface area contributed by atoms with E-state index in [2.05, 4.69) is 5.32 Å². The van der Waals surface area contributed by atoms with E-state index < -0.39 is 0 Å². The van der Waals surface area contributed by atoms with Gasteiger partial charge < -0.3 is 10.1 Å². The van der Waals surface area contributed by atoms with Gasteiger partial charge in [-0.15, -0.1) is 0 Å². The summed E-state index contributed by atoms with van der Waals surface area (Å²) in [5, 5.41) is 3.30. The minimum atomic E-state index is -0.202. The van der Waals surface area contributed by atoms with Crippen LogP contribution in [-0.2, 0) is 0 Å². The van der Waals surface area contributed by atoms with E-state index in [0.717, 1.165) is 11.3 Å². The molecule has 0 amide bonds.